The molecule has 88 valence electrons. The Labute approximate surface area is 95.8 Å². The molecule has 4 nitrogen and oxygen atoms in total. The Hall–Kier alpha value is -1.55. The largest absolute Gasteiger partial charge is 0.497 e. The first kappa shape index (κ1) is 12.5. The monoisotopic (exact) mass is 223 g/mol. The van der Waals surface area contributed by atoms with Gasteiger partial charge in [0, 0.05) is 19.3 Å². The first-order valence-electron chi connectivity index (χ1n) is 5.17. The molecule has 0 atom stereocenters. The summed E-state index contributed by atoms with van der Waals surface area (Å²) in [5.41, 5.74) is 0.825. The number of carbonyl (C=O) groups excluding carboxylic acids is 1. The van der Waals surface area contributed by atoms with Crippen molar-refractivity contribution in [2.75, 3.05) is 32.3 Å². The molecular formula is C12H17NO3. The number of likely N-dealkylation sites (N-methyl/N-ethyl adjacent to an activating group) is 1. The molecule has 0 spiro atoms. The van der Waals surface area contributed by atoms with Gasteiger partial charge in [0.05, 0.1) is 7.11 Å². The van der Waals surface area contributed by atoms with Crippen LogP contribution in [-0.2, 0) is 9.53 Å². The number of amides is 1. The van der Waals surface area contributed by atoms with E-state index in [1.54, 1.807) is 19.1 Å². The summed E-state index contributed by atoms with van der Waals surface area (Å²) in [4.78, 5) is 13.2. The van der Waals surface area contributed by atoms with Crippen molar-refractivity contribution in [1.29, 1.82) is 0 Å². The Kier molecular flexibility index (Phi) is 4.79. The van der Waals surface area contributed by atoms with Crippen molar-refractivity contribution in [1.82, 2.24) is 0 Å². The standard InChI is InChI=1S/C12H17NO3/c1-4-16-9-12(14)13(2)10-5-7-11(15-3)8-6-10/h5-8H,4,9H2,1-3H3. The molecule has 0 aliphatic rings. The normalized spacial score (nSPS) is 9.94. The van der Waals surface area contributed by atoms with E-state index in [4.69, 9.17) is 9.47 Å². The lowest BCUT2D eigenvalue weighted by Gasteiger charge is -2.17. The van der Waals surface area contributed by atoms with Gasteiger partial charge in [-0.25, -0.2) is 0 Å². The van der Waals surface area contributed by atoms with Crippen LogP contribution >= 0.6 is 0 Å². The number of ether oxygens (including phenoxy) is 2. The number of methoxy groups -OCH3 is 1. The molecule has 0 unspecified atom stereocenters. The number of carbonyl (C=O) groups is 1. The number of rotatable bonds is 5. The zero-order valence-corrected chi connectivity index (χ0v) is 9.90. The van der Waals surface area contributed by atoms with Gasteiger partial charge < -0.3 is 14.4 Å². The van der Waals surface area contributed by atoms with E-state index >= 15 is 0 Å². The molecule has 0 fully saturated rings. The van der Waals surface area contributed by atoms with Gasteiger partial charge in [-0.15, -0.1) is 0 Å². The molecule has 0 bridgehead atoms. The second kappa shape index (κ2) is 6.12. The molecule has 0 saturated heterocycles. The fourth-order valence-electron chi connectivity index (χ4n) is 1.24. The van der Waals surface area contributed by atoms with Crippen LogP contribution in [0.25, 0.3) is 0 Å². The SMILES string of the molecule is CCOCC(=O)N(C)c1ccc(OC)cc1. The first-order valence-corrected chi connectivity index (χ1v) is 5.17. The summed E-state index contributed by atoms with van der Waals surface area (Å²) < 4.78 is 10.1. The van der Waals surface area contributed by atoms with Crippen molar-refractivity contribution < 1.29 is 14.3 Å². The van der Waals surface area contributed by atoms with Gasteiger partial charge in [-0.3, -0.25) is 4.79 Å². The minimum atomic E-state index is -0.0629. The van der Waals surface area contributed by atoms with E-state index in [-0.39, 0.29) is 12.5 Å². The van der Waals surface area contributed by atoms with Crippen LogP contribution in [0.3, 0.4) is 0 Å². The lowest BCUT2D eigenvalue weighted by atomic mass is 10.3. The molecule has 0 aromatic heterocycles. The second-order valence-electron chi connectivity index (χ2n) is 3.29. The van der Waals surface area contributed by atoms with Gasteiger partial charge in [-0.05, 0) is 31.2 Å². The molecule has 0 N–H and O–H groups in total. The van der Waals surface area contributed by atoms with Gasteiger partial charge in [-0.2, -0.15) is 0 Å². The molecule has 0 heterocycles. The van der Waals surface area contributed by atoms with Crippen molar-refractivity contribution in [2.45, 2.75) is 6.92 Å². The highest BCUT2D eigenvalue weighted by atomic mass is 16.5. The molecule has 1 aromatic carbocycles. The number of nitrogens with zero attached hydrogens (tertiary/aromatic N) is 1. The zero-order chi connectivity index (χ0) is 12.0. The molecule has 0 aliphatic heterocycles. The van der Waals surface area contributed by atoms with E-state index in [1.807, 2.05) is 31.2 Å². The fraction of sp³-hybridized carbons (Fsp3) is 0.417. The average molecular weight is 223 g/mol. The van der Waals surface area contributed by atoms with Gasteiger partial charge in [0.2, 0.25) is 0 Å². The molecule has 1 rings (SSSR count). The van der Waals surface area contributed by atoms with Gasteiger partial charge in [0.15, 0.2) is 0 Å². The Morgan fingerprint density at radius 2 is 1.94 bits per heavy atom. The summed E-state index contributed by atoms with van der Waals surface area (Å²) in [6.45, 7) is 2.52. The van der Waals surface area contributed by atoms with E-state index in [2.05, 4.69) is 0 Å². The second-order valence-corrected chi connectivity index (χ2v) is 3.29. The van der Waals surface area contributed by atoms with Crippen molar-refractivity contribution >= 4 is 11.6 Å². The molecule has 1 aromatic rings. The number of hydrogen-bond donors (Lipinski definition) is 0. The summed E-state index contributed by atoms with van der Waals surface area (Å²) >= 11 is 0. The van der Waals surface area contributed by atoms with Crippen molar-refractivity contribution in [2.24, 2.45) is 0 Å². The van der Waals surface area contributed by atoms with Crippen molar-refractivity contribution in [3.63, 3.8) is 0 Å². The molecule has 4 heteroatoms. The third-order valence-corrected chi connectivity index (χ3v) is 2.26. The highest BCUT2D eigenvalue weighted by Gasteiger charge is 2.10. The summed E-state index contributed by atoms with van der Waals surface area (Å²) in [6.07, 6.45) is 0. The smallest absolute Gasteiger partial charge is 0.252 e. The molecule has 0 saturated carbocycles. The Bertz CT molecular complexity index is 335. The maximum atomic E-state index is 11.6. The summed E-state index contributed by atoms with van der Waals surface area (Å²) in [6, 6.07) is 7.31. The minimum Gasteiger partial charge on any atom is -0.497 e. The maximum Gasteiger partial charge on any atom is 0.252 e. The summed E-state index contributed by atoms with van der Waals surface area (Å²) in [5, 5.41) is 0. The van der Waals surface area contributed by atoms with E-state index in [1.165, 1.54) is 0 Å². The van der Waals surface area contributed by atoms with E-state index in [9.17, 15) is 4.79 Å². The van der Waals surface area contributed by atoms with Crippen LogP contribution < -0.4 is 9.64 Å². The summed E-state index contributed by atoms with van der Waals surface area (Å²) in [7, 11) is 3.34. The molecule has 1 amide bonds. The van der Waals surface area contributed by atoms with Crippen LogP contribution in [0.5, 0.6) is 5.75 Å². The average Bonchev–Trinajstić information content (AvgIpc) is 2.35. The zero-order valence-electron chi connectivity index (χ0n) is 9.90. The highest BCUT2D eigenvalue weighted by Crippen LogP contribution is 2.18. The van der Waals surface area contributed by atoms with E-state index in [0.29, 0.717) is 6.61 Å². The maximum absolute atomic E-state index is 11.6. The van der Waals surface area contributed by atoms with Gasteiger partial charge in [0.1, 0.15) is 12.4 Å². The van der Waals surface area contributed by atoms with E-state index < -0.39 is 0 Å². The molecule has 16 heavy (non-hydrogen) atoms. The predicted octanol–water partition coefficient (Wildman–Crippen LogP) is 1.69. The fourth-order valence-corrected chi connectivity index (χ4v) is 1.24. The predicted molar refractivity (Wildman–Crippen MR) is 62.9 cm³/mol. The van der Waals surface area contributed by atoms with Gasteiger partial charge >= 0.3 is 0 Å². The third-order valence-electron chi connectivity index (χ3n) is 2.26. The van der Waals surface area contributed by atoms with Crippen molar-refractivity contribution in [3.05, 3.63) is 24.3 Å². The molecule has 0 radical (unpaired) electrons. The van der Waals surface area contributed by atoms with Crippen LogP contribution in [-0.4, -0.2) is 33.3 Å². The Morgan fingerprint density at radius 1 is 1.31 bits per heavy atom. The van der Waals surface area contributed by atoms with Gasteiger partial charge in [-0.1, -0.05) is 0 Å². The number of hydrogen-bond acceptors (Lipinski definition) is 3. The minimum absolute atomic E-state index is 0.0629. The Morgan fingerprint density at radius 3 is 2.44 bits per heavy atom. The molecule has 0 aliphatic carbocycles. The quantitative estimate of drug-likeness (QED) is 0.762. The third kappa shape index (κ3) is 3.24. The topological polar surface area (TPSA) is 38.8 Å². The molecular weight excluding hydrogens is 206 g/mol. The number of benzene rings is 1. The van der Waals surface area contributed by atoms with Crippen LogP contribution in [0, 0.1) is 0 Å². The first-order chi connectivity index (χ1) is 7.69. The van der Waals surface area contributed by atoms with Crippen LogP contribution in [0.4, 0.5) is 5.69 Å². The lowest BCUT2D eigenvalue weighted by Crippen LogP contribution is -2.30. The van der Waals surface area contributed by atoms with Crippen LogP contribution in [0.1, 0.15) is 6.92 Å². The van der Waals surface area contributed by atoms with Gasteiger partial charge in [0.25, 0.3) is 5.91 Å². The van der Waals surface area contributed by atoms with Crippen LogP contribution in [0.2, 0.25) is 0 Å². The highest BCUT2D eigenvalue weighted by molar-refractivity contribution is 5.93. The van der Waals surface area contributed by atoms with Crippen molar-refractivity contribution in [3.8, 4) is 5.75 Å². The lowest BCUT2D eigenvalue weighted by molar-refractivity contribution is -0.122. The number of anilines is 1. The summed E-state index contributed by atoms with van der Waals surface area (Å²) in [5.74, 6) is 0.710. The van der Waals surface area contributed by atoms with Crippen LogP contribution in [0.15, 0.2) is 24.3 Å². The van der Waals surface area contributed by atoms with E-state index in [0.717, 1.165) is 11.4 Å². The Balaban J connectivity index is 2.64.